The molecule has 2 aromatic heterocycles. The van der Waals surface area contributed by atoms with Crippen LogP contribution in [-0.2, 0) is 0 Å². The van der Waals surface area contributed by atoms with E-state index in [1.165, 1.54) is 44.6 Å². The summed E-state index contributed by atoms with van der Waals surface area (Å²) >= 11 is 0. The van der Waals surface area contributed by atoms with Crippen LogP contribution < -0.4 is 10.2 Å². The smallest absolute Gasteiger partial charge is 0.289 e. The van der Waals surface area contributed by atoms with Crippen LogP contribution in [0.1, 0.15) is 61.7 Å². The number of aromatic nitrogens is 2. The second-order valence-corrected chi connectivity index (χ2v) is 7.02. The van der Waals surface area contributed by atoms with Crippen molar-refractivity contribution in [2.24, 2.45) is 5.10 Å². The molecule has 1 amide bonds. The minimum atomic E-state index is -0.379. The summed E-state index contributed by atoms with van der Waals surface area (Å²) in [6.07, 6.45) is 10.4. The maximum Gasteiger partial charge on any atom is 0.289 e. The Kier molecular flexibility index (Phi) is 8.26. The van der Waals surface area contributed by atoms with E-state index in [-0.39, 0.29) is 5.91 Å². The Morgan fingerprint density at radius 2 is 1.97 bits per heavy atom. The van der Waals surface area contributed by atoms with E-state index < -0.39 is 0 Å². The molecular weight excluding hydrogens is 380 g/mol. The topological polar surface area (TPSA) is 92.5 Å². The van der Waals surface area contributed by atoms with Crippen LogP contribution in [0.2, 0.25) is 0 Å². The normalized spacial score (nSPS) is 11.1. The van der Waals surface area contributed by atoms with E-state index in [9.17, 15) is 4.79 Å². The number of ether oxygens (including phenoxy) is 1. The first-order valence-electron chi connectivity index (χ1n) is 10.4. The number of hydrogen-bond acceptors (Lipinski definition) is 5. The molecule has 30 heavy (non-hydrogen) atoms. The van der Waals surface area contributed by atoms with E-state index in [4.69, 9.17) is 9.15 Å². The summed E-state index contributed by atoms with van der Waals surface area (Å²) < 4.78 is 10.9. The van der Waals surface area contributed by atoms with E-state index in [1.54, 1.807) is 18.2 Å². The van der Waals surface area contributed by atoms with Crippen molar-refractivity contribution in [2.45, 2.75) is 45.4 Å². The highest BCUT2D eigenvalue weighted by molar-refractivity contribution is 5.93. The molecule has 0 saturated heterocycles. The first kappa shape index (κ1) is 21.4. The molecule has 0 saturated carbocycles. The number of furan rings is 1. The van der Waals surface area contributed by atoms with Crippen LogP contribution in [0.4, 0.5) is 0 Å². The van der Waals surface area contributed by atoms with Crippen LogP contribution in [0.25, 0.3) is 11.3 Å². The summed E-state index contributed by atoms with van der Waals surface area (Å²) in [5.74, 6) is 1.02. The van der Waals surface area contributed by atoms with Crippen LogP contribution in [0.15, 0.2) is 58.2 Å². The van der Waals surface area contributed by atoms with Crippen molar-refractivity contribution in [1.82, 2.24) is 15.6 Å². The maximum atomic E-state index is 12.2. The van der Waals surface area contributed by atoms with Gasteiger partial charge >= 0.3 is 0 Å². The number of H-pyrrole nitrogens is 1. The van der Waals surface area contributed by atoms with Gasteiger partial charge in [-0.2, -0.15) is 10.2 Å². The first-order chi connectivity index (χ1) is 14.8. The van der Waals surface area contributed by atoms with Crippen LogP contribution in [0.3, 0.4) is 0 Å². The third-order valence-electron chi connectivity index (χ3n) is 4.64. The molecule has 0 atom stereocenters. The van der Waals surface area contributed by atoms with Gasteiger partial charge in [0.2, 0.25) is 0 Å². The highest BCUT2D eigenvalue weighted by Crippen LogP contribution is 2.21. The van der Waals surface area contributed by atoms with Gasteiger partial charge in [0, 0.05) is 5.56 Å². The van der Waals surface area contributed by atoms with Gasteiger partial charge < -0.3 is 9.15 Å². The van der Waals surface area contributed by atoms with E-state index >= 15 is 0 Å². The molecule has 0 unspecified atom stereocenters. The van der Waals surface area contributed by atoms with Crippen molar-refractivity contribution >= 4 is 12.1 Å². The molecule has 7 heteroatoms. The zero-order valence-corrected chi connectivity index (χ0v) is 17.3. The number of aromatic amines is 1. The molecular formula is C23H28N4O3. The third-order valence-corrected chi connectivity index (χ3v) is 4.64. The predicted molar refractivity (Wildman–Crippen MR) is 117 cm³/mol. The molecule has 0 fully saturated rings. The van der Waals surface area contributed by atoms with Crippen molar-refractivity contribution in [3.05, 3.63) is 60.2 Å². The Morgan fingerprint density at radius 1 is 1.17 bits per heavy atom. The van der Waals surface area contributed by atoms with Crippen LogP contribution in [0.5, 0.6) is 5.75 Å². The number of rotatable bonds is 12. The molecule has 0 bridgehead atoms. The fourth-order valence-electron chi connectivity index (χ4n) is 2.96. The van der Waals surface area contributed by atoms with E-state index in [2.05, 4.69) is 27.6 Å². The average molecular weight is 409 g/mol. The zero-order valence-electron chi connectivity index (χ0n) is 17.3. The summed E-state index contributed by atoms with van der Waals surface area (Å²) in [7, 11) is 0. The molecule has 0 aliphatic carbocycles. The van der Waals surface area contributed by atoms with Gasteiger partial charge in [-0.15, -0.1) is 0 Å². The lowest BCUT2D eigenvalue weighted by molar-refractivity contribution is 0.0950. The van der Waals surface area contributed by atoms with Gasteiger partial charge in [-0.3, -0.25) is 9.89 Å². The lowest BCUT2D eigenvalue weighted by Gasteiger charge is -2.06. The summed E-state index contributed by atoms with van der Waals surface area (Å²) in [5.41, 5.74) is 4.34. The first-order valence-corrected chi connectivity index (χ1v) is 10.4. The van der Waals surface area contributed by atoms with Gasteiger partial charge in [0.05, 0.1) is 24.8 Å². The van der Waals surface area contributed by atoms with Gasteiger partial charge in [0.15, 0.2) is 0 Å². The summed E-state index contributed by atoms with van der Waals surface area (Å²) in [5, 5.41) is 10.8. The van der Waals surface area contributed by atoms with E-state index in [0.29, 0.717) is 17.1 Å². The second kappa shape index (κ2) is 11.6. The SMILES string of the molecule is CCCCCCCCOc1ccc(-c2cc(C(=O)NN=Cc3ccco3)[nH]n2)cc1. The van der Waals surface area contributed by atoms with Crippen LogP contribution in [-0.4, -0.2) is 28.9 Å². The Hall–Kier alpha value is -3.35. The number of carbonyl (C=O) groups is 1. The zero-order chi connectivity index (χ0) is 21.0. The van der Waals surface area contributed by atoms with Crippen LogP contribution >= 0.6 is 0 Å². The number of nitrogens with zero attached hydrogens (tertiary/aromatic N) is 2. The van der Waals surface area contributed by atoms with Crippen molar-refractivity contribution in [3.8, 4) is 17.0 Å². The molecule has 3 rings (SSSR count). The molecule has 3 aromatic rings. The Labute approximate surface area is 176 Å². The van der Waals surface area contributed by atoms with Crippen molar-refractivity contribution < 1.29 is 13.9 Å². The molecule has 0 aliphatic heterocycles. The Morgan fingerprint density at radius 3 is 2.73 bits per heavy atom. The minimum Gasteiger partial charge on any atom is -0.494 e. The lowest BCUT2D eigenvalue weighted by atomic mass is 10.1. The van der Waals surface area contributed by atoms with Crippen molar-refractivity contribution in [1.29, 1.82) is 0 Å². The monoisotopic (exact) mass is 408 g/mol. The predicted octanol–water partition coefficient (Wildman–Crippen LogP) is 5.17. The molecule has 7 nitrogen and oxygen atoms in total. The average Bonchev–Trinajstić information content (AvgIpc) is 3.46. The molecule has 0 spiro atoms. The van der Waals surface area contributed by atoms with Gasteiger partial charge in [0.25, 0.3) is 5.91 Å². The standard InChI is InChI=1S/C23H28N4O3/c1-2-3-4-5-6-7-14-29-19-12-10-18(11-13-19)21-16-22(26-25-21)23(28)27-24-17-20-9-8-15-30-20/h8-13,15-17H,2-7,14H2,1H3,(H,25,26)(H,27,28). The van der Waals surface area contributed by atoms with Crippen molar-refractivity contribution in [3.63, 3.8) is 0 Å². The number of nitrogens with one attached hydrogen (secondary N) is 2. The highest BCUT2D eigenvalue weighted by Gasteiger charge is 2.10. The quantitative estimate of drug-likeness (QED) is 0.246. The number of hydrazone groups is 1. The van der Waals surface area contributed by atoms with Crippen molar-refractivity contribution in [2.75, 3.05) is 6.61 Å². The number of benzene rings is 1. The molecule has 0 radical (unpaired) electrons. The lowest BCUT2D eigenvalue weighted by Crippen LogP contribution is -2.17. The minimum absolute atomic E-state index is 0.324. The molecule has 0 aliphatic rings. The second-order valence-electron chi connectivity index (χ2n) is 7.02. The third kappa shape index (κ3) is 6.62. The fraction of sp³-hybridized carbons (Fsp3) is 0.348. The number of unbranched alkanes of at least 4 members (excludes halogenated alkanes) is 5. The van der Waals surface area contributed by atoms with Crippen LogP contribution in [0, 0.1) is 0 Å². The Bertz CT molecular complexity index is 914. The number of carbonyl (C=O) groups excluding carboxylic acids is 1. The summed E-state index contributed by atoms with van der Waals surface area (Å²) in [6.45, 7) is 2.96. The summed E-state index contributed by atoms with van der Waals surface area (Å²) in [4.78, 5) is 12.2. The van der Waals surface area contributed by atoms with E-state index in [0.717, 1.165) is 24.3 Å². The Balaban J connectivity index is 1.45. The summed E-state index contributed by atoms with van der Waals surface area (Å²) in [6, 6.07) is 12.9. The molecule has 2 N–H and O–H groups in total. The fourth-order valence-corrected chi connectivity index (χ4v) is 2.96. The van der Waals surface area contributed by atoms with Gasteiger partial charge in [-0.05, 0) is 48.9 Å². The maximum absolute atomic E-state index is 12.2. The van der Waals surface area contributed by atoms with Gasteiger partial charge in [-0.1, -0.05) is 39.0 Å². The molecule has 158 valence electrons. The van der Waals surface area contributed by atoms with Gasteiger partial charge in [0.1, 0.15) is 17.2 Å². The van der Waals surface area contributed by atoms with E-state index in [1.807, 2.05) is 24.3 Å². The number of hydrogen-bond donors (Lipinski definition) is 2. The largest absolute Gasteiger partial charge is 0.494 e. The highest BCUT2D eigenvalue weighted by atomic mass is 16.5. The molecule has 2 heterocycles. The van der Waals surface area contributed by atoms with Gasteiger partial charge in [-0.25, -0.2) is 5.43 Å². The number of amides is 1. The molecule has 1 aromatic carbocycles.